The molecule has 2 heterocycles. The van der Waals surface area contributed by atoms with Gasteiger partial charge in [0, 0.05) is 31.2 Å². The highest BCUT2D eigenvalue weighted by molar-refractivity contribution is 6.03. The van der Waals surface area contributed by atoms with Gasteiger partial charge in [-0.2, -0.15) is 13.2 Å². The van der Waals surface area contributed by atoms with Crippen molar-refractivity contribution in [1.82, 2.24) is 9.47 Å². The second kappa shape index (κ2) is 9.52. The van der Waals surface area contributed by atoms with E-state index in [1.807, 2.05) is 39.0 Å². The van der Waals surface area contributed by atoms with E-state index in [0.717, 1.165) is 28.8 Å². The molecule has 9 heteroatoms. The van der Waals surface area contributed by atoms with Gasteiger partial charge < -0.3 is 18.9 Å². The molecule has 0 N–H and O–H groups in total. The van der Waals surface area contributed by atoms with Crippen LogP contribution in [-0.4, -0.2) is 40.3 Å². The molecule has 1 amide bonds. The Kier molecular flexibility index (Phi) is 6.77. The zero-order valence-electron chi connectivity index (χ0n) is 20.7. The second-order valence-corrected chi connectivity index (χ2v) is 9.88. The summed E-state index contributed by atoms with van der Waals surface area (Å²) in [5.74, 6) is -0.799. The van der Waals surface area contributed by atoms with Gasteiger partial charge in [-0.25, -0.2) is 9.59 Å². The number of alkyl halides is 3. The van der Waals surface area contributed by atoms with Crippen LogP contribution in [0.2, 0.25) is 0 Å². The molecule has 3 aromatic rings. The number of fused-ring (bicyclic) bond motifs is 2. The summed E-state index contributed by atoms with van der Waals surface area (Å²) in [7, 11) is 0. The van der Waals surface area contributed by atoms with Crippen LogP contribution in [0.25, 0.3) is 10.9 Å². The molecule has 0 fully saturated rings. The number of hydrogen-bond acceptors (Lipinski definition) is 4. The van der Waals surface area contributed by atoms with Gasteiger partial charge in [0.1, 0.15) is 5.60 Å². The maximum Gasteiger partial charge on any atom is 0.416 e. The first-order valence-electron chi connectivity index (χ1n) is 11.8. The molecule has 1 aliphatic rings. The Labute approximate surface area is 207 Å². The van der Waals surface area contributed by atoms with Crippen LogP contribution in [0, 0.1) is 0 Å². The number of carbonyl (C=O) groups is 2. The molecule has 6 nitrogen and oxygen atoms in total. The van der Waals surface area contributed by atoms with Crippen LogP contribution < -0.4 is 0 Å². The maximum atomic E-state index is 13.4. The van der Waals surface area contributed by atoms with Crippen LogP contribution in [0.15, 0.2) is 42.6 Å². The topological polar surface area (TPSA) is 60.8 Å². The van der Waals surface area contributed by atoms with Crippen molar-refractivity contribution in [3.8, 4) is 0 Å². The largest absolute Gasteiger partial charge is 0.462 e. The Morgan fingerprint density at radius 2 is 1.78 bits per heavy atom. The lowest BCUT2D eigenvalue weighted by Gasteiger charge is -2.31. The number of benzene rings is 2. The number of rotatable bonds is 4. The molecule has 4 rings (SSSR count). The predicted molar refractivity (Wildman–Crippen MR) is 129 cm³/mol. The van der Waals surface area contributed by atoms with Crippen molar-refractivity contribution in [2.45, 2.75) is 59.0 Å². The summed E-state index contributed by atoms with van der Waals surface area (Å²) < 4.78 is 52.6. The lowest BCUT2D eigenvalue weighted by molar-refractivity contribution is -0.137. The molecule has 0 unspecified atom stereocenters. The van der Waals surface area contributed by atoms with Gasteiger partial charge in [-0.15, -0.1) is 0 Å². The molecule has 0 spiro atoms. The maximum absolute atomic E-state index is 13.4. The number of nitrogens with zero attached hydrogens (tertiary/aromatic N) is 2. The fraction of sp³-hybridized carbons (Fsp3) is 0.407. The molecule has 0 radical (unpaired) electrons. The Hall–Kier alpha value is -3.49. The summed E-state index contributed by atoms with van der Waals surface area (Å²) in [5, 5.41) is 0.307. The number of ether oxygens (including phenoxy) is 2. The highest BCUT2D eigenvalue weighted by Gasteiger charge is 2.33. The standard InChI is InChI=1S/C27H29F3N2O4/c1-5-35-24(33)22-14-21(27(28,29)30)13-19-9-10-31(23(19)22)15-17-6-7-18-8-11-32(16-20(18)12-17)25(34)36-26(2,3)4/h6-7,9-10,12-14H,5,8,11,15-16H2,1-4H3. The van der Waals surface area contributed by atoms with E-state index < -0.39 is 23.3 Å². The van der Waals surface area contributed by atoms with Crippen LogP contribution in [0.1, 0.15) is 60.3 Å². The fourth-order valence-electron chi connectivity index (χ4n) is 4.40. The van der Waals surface area contributed by atoms with E-state index in [4.69, 9.17) is 9.47 Å². The van der Waals surface area contributed by atoms with Crippen LogP contribution in [-0.2, 0) is 35.2 Å². The molecule has 1 aliphatic heterocycles. The van der Waals surface area contributed by atoms with Crippen LogP contribution in [0.5, 0.6) is 0 Å². The number of hydrogen-bond donors (Lipinski definition) is 0. The zero-order chi connectivity index (χ0) is 26.3. The van der Waals surface area contributed by atoms with Crippen LogP contribution in [0.3, 0.4) is 0 Å². The van der Waals surface area contributed by atoms with E-state index in [-0.39, 0.29) is 18.3 Å². The van der Waals surface area contributed by atoms with Gasteiger partial charge in [0.05, 0.1) is 23.3 Å². The van der Waals surface area contributed by atoms with Gasteiger partial charge >= 0.3 is 18.2 Å². The third-order valence-corrected chi connectivity index (χ3v) is 5.97. The number of aromatic nitrogens is 1. The average molecular weight is 503 g/mol. The number of halogens is 3. The number of amides is 1. The van der Waals surface area contributed by atoms with Crippen molar-refractivity contribution in [1.29, 1.82) is 0 Å². The highest BCUT2D eigenvalue weighted by atomic mass is 19.4. The molecule has 1 aromatic heterocycles. The van der Waals surface area contributed by atoms with Gasteiger partial charge in [-0.3, -0.25) is 0 Å². The van der Waals surface area contributed by atoms with Crippen molar-refractivity contribution >= 4 is 23.0 Å². The number of esters is 1. The van der Waals surface area contributed by atoms with Gasteiger partial charge in [0.2, 0.25) is 0 Å². The quantitative estimate of drug-likeness (QED) is 0.400. The summed E-state index contributed by atoms with van der Waals surface area (Å²) in [6, 6.07) is 9.42. The van der Waals surface area contributed by atoms with E-state index in [1.165, 1.54) is 0 Å². The first-order chi connectivity index (χ1) is 16.9. The second-order valence-electron chi connectivity index (χ2n) is 9.88. The molecule has 36 heavy (non-hydrogen) atoms. The smallest absolute Gasteiger partial charge is 0.416 e. The number of carbonyl (C=O) groups excluding carboxylic acids is 2. The fourth-order valence-corrected chi connectivity index (χ4v) is 4.40. The minimum Gasteiger partial charge on any atom is -0.462 e. The van der Waals surface area contributed by atoms with Gasteiger partial charge in [0.15, 0.2) is 0 Å². The zero-order valence-corrected chi connectivity index (χ0v) is 20.7. The first kappa shape index (κ1) is 25.6. The molecule has 0 saturated heterocycles. The first-order valence-corrected chi connectivity index (χ1v) is 11.8. The monoisotopic (exact) mass is 502 g/mol. The van der Waals surface area contributed by atoms with Crippen LogP contribution in [0.4, 0.5) is 18.0 Å². The summed E-state index contributed by atoms with van der Waals surface area (Å²) >= 11 is 0. The Bertz CT molecular complexity index is 1300. The average Bonchev–Trinajstić information content (AvgIpc) is 3.19. The molecule has 0 saturated carbocycles. The minimum absolute atomic E-state index is 0.0518. The molecule has 0 atom stereocenters. The molecule has 2 aromatic carbocycles. The molecule has 0 bridgehead atoms. The summed E-state index contributed by atoms with van der Waals surface area (Å²) in [6.07, 6.45) is -2.58. The molecule has 0 aliphatic carbocycles. The van der Waals surface area contributed by atoms with E-state index in [0.29, 0.717) is 37.0 Å². The van der Waals surface area contributed by atoms with Crippen molar-refractivity contribution in [3.05, 3.63) is 70.4 Å². The van der Waals surface area contributed by atoms with Crippen molar-refractivity contribution in [2.24, 2.45) is 0 Å². The molecular weight excluding hydrogens is 473 g/mol. The van der Waals surface area contributed by atoms with E-state index >= 15 is 0 Å². The third kappa shape index (κ3) is 5.50. The normalized spacial score (nSPS) is 14.0. The molecular formula is C27H29F3N2O4. The van der Waals surface area contributed by atoms with Crippen molar-refractivity contribution in [3.63, 3.8) is 0 Å². The van der Waals surface area contributed by atoms with E-state index in [1.54, 1.807) is 28.7 Å². The summed E-state index contributed by atoms with van der Waals surface area (Å²) in [5.41, 5.74) is 1.80. The van der Waals surface area contributed by atoms with Gasteiger partial charge in [-0.05, 0) is 69.0 Å². The van der Waals surface area contributed by atoms with Gasteiger partial charge in [0.25, 0.3) is 0 Å². The molecule has 192 valence electrons. The third-order valence-electron chi connectivity index (χ3n) is 5.97. The lowest BCUT2D eigenvalue weighted by Crippen LogP contribution is -2.39. The highest BCUT2D eigenvalue weighted by Crippen LogP contribution is 2.34. The van der Waals surface area contributed by atoms with Crippen LogP contribution >= 0.6 is 0 Å². The van der Waals surface area contributed by atoms with Crippen molar-refractivity contribution < 1.29 is 32.2 Å². The predicted octanol–water partition coefficient (Wildman–Crippen LogP) is 6.18. The summed E-state index contributed by atoms with van der Waals surface area (Å²) in [4.78, 5) is 26.8. The summed E-state index contributed by atoms with van der Waals surface area (Å²) in [6.45, 7) is 8.44. The Morgan fingerprint density at radius 1 is 1.03 bits per heavy atom. The van der Waals surface area contributed by atoms with E-state index in [2.05, 4.69) is 0 Å². The minimum atomic E-state index is -4.59. The SMILES string of the molecule is CCOC(=O)c1cc(C(F)(F)F)cc2ccn(Cc3ccc4c(c3)CN(C(=O)OC(C)(C)C)CC4)c12. The lowest BCUT2D eigenvalue weighted by atomic mass is 9.97. The van der Waals surface area contributed by atoms with Gasteiger partial charge in [-0.1, -0.05) is 18.2 Å². The Morgan fingerprint density at radius 3 is 2.44 bits per heavy atom. The van der Waals surface area contributed by atoms with Crippen molar-refractivity contribution in [2.75, 3.05) is 13.2 Å². The van der Waals surface area contributed by atoms with E-state index in [9.17, 15) is 22.8 Å². The Balaban J connectivity index is 1.65.